The van der Waals surface area contributed by atoms with Crippen molar-refractivity contribution in [1.82, 2.24) is 0 Å². The summed E-state index contributed by atoms with van der Waals surface area (Å²) in [5.41, 5.74) is 3.77. The van der Waals surface area contributed by atoms with E-state index in [-0.39, 0.29) is 35.0 Å². The second-order valence-corrected chi connectivity index (χ2v) is 10.0. The van der Waals surface area contributed by atoms with Gasteiger partial charge in [-0.25, -0.2) is 0 Å². The van der Waals surface area contributed by atoms with Gasteiger partial charge in [-0.2, -0.15) is 0 Å². The molecule has 0 spiro atoms. The van der Waals surface area contributed by atoms with Crippen LogP contribution in [-0.4, -0.2) is 5.91 Å². The van der Waals surface area contributed by atoms with Crippen molar-refractivity contribution >= 4 is 38.5 Å². The summed E-state index contributed by atoms with van der Waals surface area (Å²) in [5, 5.41) is 3.11. The zero-order valence-corrected chi connectivity index (χ0v) is 23.1. The standard InChI is InChI=1S/C32H26BrNO5/c1-20-15-25-29(36)32(38-19-23-11-7-4-8-12-23)30(39-31(25)27(16-20)34-21(2)35)24-13-14-28(26(33)17-24)37-18-22-9-5-3-6-10-22/h3-17H,18-19H2,1-2H3,(H,34,35). The normalized spacial score (nSPS) is 10.8. The van der Waals surface area contributed by atoms with Crippen LogP contribution in [0.2, 0.25) is 0 Å². The van der Waals surface area contributed by atoms with Crippen molar-refractivity contribution in [3.05, 3.63) is 122 Å². The lowest BCUT2D eigenvalue weighted by molar-refractivity contribution is -0.114. The van der Waals surface area contributed by atoms with Crippen molar-refractivity contribution in [2.45, 2.75) is 27.1 Å². The van der Waals surface area contributed by atoms with Crippen molar-refractivity contribution < 1.29 is 18.7 Å². The Morgan fingerprint density at radius 1 is 0.872 bits per heavy atom. The van der Waals surface area contributed by atoms with Crippen molar-refractivity contribution in [2.24, 2.45) is 0 Å². The van der Waals surface area contributed by atoms with Crippen LogP contribution in [0.4, 0.5) is 5.69 Å². The van der Waals surface area contributed by atoms with Crippen LogP contribution in [0.15, 0.2) is 105 Å². The average molecular weight is 584 g/mol. The van der Waals surface area contributed by atoms with Crippen molar-refractivity contribution in [3.63, 3.8) is 0 Å². The number of hydrogen-bond acceptors (Lipinski definition) is 5. The molecule has 0 fully saturated rings. The van der Waals surface area contributed by atoms with Gasteiger partial charge >= 0.3 is 0 Å². The molecule has 1 N–H and O–H groups in total. The summed E-state index contributed by atoms with van der Waals surface area (Å²) >= 11 is 3.60. The Morgan fingerprint density at radius 2 is 1.51 bits per heavy atom. The summed E-state index contributed by atoms with van der Waals surface area (Å²) in [6.07, 6.45) is 0. The van der Waals surface area contributed by atoms with Crippen LogP contribution in [0.1, 0.15) is 23.6 Å². The first-order valence-electron chi connectivity index (χ1n) is 12.4. The van der Waals surface area contributed by atoms with Crippen LogP contribution in [-0.2, 0) is 18.0 Å². The van der Waals surface area contributed by atoms with E-state index in [1.807, 2.05) is 85.8 Å². The van der Waals surface area contributed by atoms with Gasteiger partial charge in [0.1, 0.15) is 19.0 Å². The first-order valence-corrected chi connectivity index (χ1v) is 13.2. The second-order valence-electron chi connectivity index (χ2n) is 9.15. The molecule has 1 amide bonds. The molecular weight excluding hydrogens is 558 g/mol. The van der Waals surface area contributed by atoms with Gasteiger partial charge in [-0.3, -0.25) is 9.59 Å². The highest BCUT2D eigenvalue weighted by Gasteiger charge is 2.21. The average Bonchev–Trinajstić information content (AvgIpc) is 2.93. The van der Waals surface area contributed by atoms with E-state index in [1.165, 1.54) is 6.92 Å². The van der Waals surface area contributed by atoms with Crippen LogP contribution in [0.3, 0.4) is 0 Å². The molecule has 5 rings (SSSR count). The number of halogens is 1. The van der Waals surface area contributed by atoms with E-state index in [9.17, 15) is 9.59 Å². The van der Waals surface area contributed by atoms with Crippen molar-refractivity contribution in [2.75, 3.05) is 5.32 Å². The third-order valence-electron chi connectivity index (χ3n) is 6.06. The summed E-state index contributed by atoms with van der Waals surface area (Å²) in [5.74, 6) is 0.731. The number of carbonyl (C=O) groups is 1. The molecule has 1 aromatic heterocycles. The third kappa shape index (κ3) is 6.04. The molecule has 6 nitrogen and oxygen atoms in total. The zero-order valence-electron chi connectivity index (χ0n) is 21.5. The number of rotatable bonds is 8. The number of ether oxygens (including phenoxy) is 2. The van der Waals surface area contributed by atoms with Gasteiger partial charge < -0.3 is 19.2 Å². The summed E-state index contributed by atoms with van der Waals surface area (Å²) in [6.45, 7) is 3.87. The highest BCUT2D eigenvalue weighted by atomic mass is 79.9. The van der Waals surface area contributed by atoms with Crippen LogP contribution < -0.4 is 20.2 Å². The molecule has 0 aliphatic heterocycles. The molecule has 4 aromatic carbocycles. The van der Waals surface area contributed by atoms with Crippen LogP contribution in [0.5, 0.6) is 11.5 Å². The molecule has 39 heavy (non-hydrogen) atoms. The molecule has 0 radical (unpaired) electrons. The third-order valence-corrected chi connectivity index (χ3v) is 6.68. The molecule has 0 saturated carbocycles. The minimum atomic E-state index is -0.321. The van der Waals surface area contributed by atoms with Crippen LogP contribution in [0.25, 0.3) is 22.3 Å². The van der Waals surface area contributed by atoms with E-state index in [0.717, 1.165) is 16.7 Å². The number of amides is 1. The van der Waals surface area contributed by atoms with Gasteiger partial charge in [-0.15, -0.1) is 0 Å². The molecule has 1 heterocycles. The van der Waals surface area contributed by atoms with Gasteiger partial charge in [0.2, 0.25) is 17.1 Å². The Kier molecular flexibility index (Phi) is 7.79. The zero-order chi connectivity index (χ0) is 27.4. The Balaban J connectivity index is 1.59. The fourth-order valence-electron chi connectivity index (χ4n) is 4.25. The molecule has 7 heteroatoms. The number of hydrogen-bond donors (Lipinski definition) is 1. The molecule has 0 unspecified atom stereocenters. The van der Waals surface area contributed by atoms with E-state index >= 15 is 0 Å². The largest absolute Gasteiger partial charge is 0.488 e. The fraction of sp³-hybridized carbons (Fsp3) is 0.125. The fourth-order valence-corrected chi connectivity index (χ4v) is 4.75. The minimum Gasteiger partial charge on any atom is -0.488 e. The van der Waals surface area contributed by atoms with Crippen molar-refractivity contribution in [3.8, 4) is 22.8 Å². The predicted octanol–water partition coefficient (Wildman–Crippen LogP) is 7.65. The Bertz CT molecular complexity index is 1700. The maximum atomic E-state index is 13.8. The molecule has 0 aliphatic carbocycles. The second kappa shape index (κ2) is 11.6. The number of anilines is 1. The van der Waals surface area contributed by atoms with Gasteiger partial charge in [-0.05, 0) is 69.9 Å². The van der Waals surface area contributed by atoms with E-state index in [2.05, 4.69) is 21.2 Å². The van der Waals surface area contributed by atoms with E-state index in [0.29, 0.717) is 33.5 Å². The van der Waals surface area contributed by atoms with Crippen LogP contribution >= 0.6 is 15.9 Å². The molecule has 196 valence electrons. The number of fused-ring (bicyclic) bond motifs is 1. The molecule has 0 aliphatic rings. The van der Waals surface area contributed by atoms with Gasteiger partial charge in [0.05, 0.1) is 15.5 Å². The molecule has 5 aromatic rings. The maximum absolute atomic E-state index is 13.8. The number of aryl methyl sites for hydroxylation is 1. The lowest BCUT2D eigenvalue weighted by Gasteiger charge is -2.15. The summed E-state index contributed by atoms with van der Waals surface area (Å²) in [6, 6.07) is 28.5. The van der Waals surface area contributed by atoms with Gasteiger partial charge in [-0.1, -0.05) is 60.7 Å². The van der Waals surface area contributed by atoms with Gasteiger partial charge in [0.15, 0.2) is 11.3 Å². The lowest BCUT2D eigenvalue weighted by atomic mass is 10.1. The van der Waals surface area contributed by atoms with E-state index < -0.39 is 0 Å². The van der Waals surface area contributed by atoms with E-state index in [4.69, 9.17) is 13.9 Å². The highest BCUT2D eigenvalue weighted by Crippen LogP contribution is 2.38. The summed E-state index contributed by atoms with van der Waals surface area (Å²) < 4.78 is 19.2. The smallest absolute Gasteiger partial charge is 0.235 e. The SMILES string of the molecule is CC(=O)Nc1cc(C)cc2c(=O)c(OCc3ccccc3)c(-c3ccc(OCc4ccccc4)c(Br)c3)oc12. The van der Waals surface area contributed by atoms with Gasteiger partial charge in [0, 0.05) is 12.5 Å². The summed E-state index contributed by atoms with van der Waals surface area (Å²) in [4.78, 5) is 25.7. The Morgan fingerprint density at radius 3 is 2.13 bits per heavy atom. The maximum Gasteiger partial charge on any atom is 0.235 e. The molecule has 0 bridgehead atoms. The Hall–Kier alpha value is -4.36. The lowest BCUT2D eigenvalue weighted by Crippen LogP contribution is -2.13. The summed E-state index contributed by atoms with van der Waals surface area (Å²) in [7, 11) is 0. The number of nitrogens with one attached hydrogen (secondary N) is 1. The first-order chi connectivity index (χ1) is 18.9. The predicted molar refractivity (Wildman–Crippen MR) is 156 cm³/mol. The van der Waals surface area contributed by atoms with Crippen molar-refractivity contribution in [1.29, 1.82) is 0 Å². The van der Waals surface area contributed by atoms with Crippen LogP contribution in [0, 0.1) is 6.92 Å². The quantitative estimate of drug-likeness (QED) is 0.203. The van der Waals surface area contributed by atoms with Gasteiger partial charge in [0.25, 0.3) is 0 Å². The number of benzene rings is 4. The minimum absolute atomic E-state index is 0.0931. The number of carbonyl (C=O) groups excluding carboxylic acids is 1. The Labute approximate surface area is 234 Å². The monoisotopic (exact) mass is 583 g/mol. The van der Waals surface area contributed by atoms with E-state index in [1.54, 1.807) is 12.1 Å². The topological polar surface area (TPSA) is 77.8 Å². The molecular formula is C32H26BrNO5. The highest BCUT2D eigenvalue weighted by molar-refractivity contribution is 9.10. The first kappa shape index (κ1) is 26.3. The molecule has 0 saturated heterocycles. The molecule has 0 atom stereocenters.